The van der Waals surface area contributed by atoms with Crippen molar-refractivity contribution in [3.63, 3.8) is 0 Å². The molecule has 1 amide bonds. The monoisotopic (exact) mass is 760 g/mol. The van der Waals surface area contributed by atoms with E-state index in [0.29, 0.717) is 0 Å². The van der Waals surface area contributed by atoms with Crippen LogP contribution in [0.1, 0.15) is 252 Å². The Hall–Kier alpha value is 0.380. The van der Waals surface area contributed by atoms with Crippen molar-refractivity contribution in [1.29, 1.82) is 0 Å². The molecule has 2 nitrogen and oxygen atoms in total. The fourth-order valence-corrected chi connectivity index (χ4v) is 12.3. The molecule has 0 unspecified atom stereocenters. The molecule has 4 heteroatoms. The molecule has 0 saturated carbocycles. The smallest absolute Gasteiger partial charge is 0.254 e. The summed E-state index contributed by atoms with van der Waals surface area (Å²) in [6, 6.07) is 0. The van der Waals surface area contributed by atoms with Gasteiger partial charge in [0.05, 0.1) is 18.5 Å². The summed E-state index contributed by atoms with van der Waals surface area (Å²) < 4.78 is 0. The van der Waals surface area contributed by atoms with Gasteiger partial charge in [0.2, 0.25) is 0 Å². The van der Waals surface area contributed by atoms with Gasteiger partial charge >= 0.3 is 0 Å². The summed E-state index contributed by atoms with van der Waals surface area (Å²) in [6.07, 6.45) is 55.4. The molecule has 0 aromatic heterocycles. The number of carbonyl (C=O) groups excluding carboxylic acids is 1. The number of hydrogen-bond donors (Lipinski definition) is 1. The zero-order valence-electron chi connectivity index (χ0n) is 33.6. The fraction of sp³-hybridized carbons (Fsp3) is 0.977. The molecular weight excluding hydrogens is 669 g/mol. The van der Waals surface area contributed by atoms with Crippen molar-refractivity contribution in [3.8, 4) is 0 Å². The standard InChI is InChI=1S/C44H90NOP.BrH/c1-4-7-10-13-16-19-22-25-28-31-34-37-40-47(43-44(45)46,41-38-35-32-29-26-23-20-17-14-11-8-5-2)42-39-36-33-30-27-24-21-18-15-12-9-6-3;/h4-43H2,1-3H3,(H-,45,46);1H. The summed E-state index contributed by atoms with van der Waals surface area (Å²) in [7, 11) is -1.27. The van der Waals surface area contributed by atoms with Gasteiger partial charge < -0.3 is 22.7 Å². The Morgan fingerprint density at radius 3 is 0.667 bits per heavy atom. The quantitative estimate of drug-likeness (QED) is 0.0489. The molecule has 0 rings (SSSR count). The Balaban J connectivity index is 0. The predicted molar refractivity (Wildman–Crippen MR) is 219 cm³/mol. The summed E-state index contributed by atoms with van der Waals surface area (Å²) in [5.74, 6) is -0.00450. The van der Waals surface area contributed by atoms with Crippen LogP contribution >= 0.6 is 7.26 Å². The molecule has 0 heterocycles. The molecule has 0 fully saturated rings. The lowest BCUT2D eigenvalue weighted by Gasteiger charge is -2.27. The van der Waals surface area contributed by atoms with Crippen LogP contribution in [-0.4, -0.2) is 30.6 Å². The second-order valence-electron chi connectivity index (χ2n) is 15.8. The van der Waals surface area contributed by atoms with Gasteiger partial charge in [0.15, 0.2) is 0 Å². The molecule has 0 aliphatic heterocycles. The normalized spacial score (nSPS) is 11.6. The molecule has 0 aromatic rings. The molecule has 0 spiro atoms. The summed E-state index contributed by atoms with van der Waals surface area (Å²) in [6.45, 7) is 6.91. The summed E-state index contributed by atoms with van der Waals surface area (Å²) in [5, 5.41) is 0. The van der Waals surface area contributed by atoms with Crippen LogP contribution in [0.5, 0.6) is 0 Å². The van der Waals surface area contributed by atoms with Crippen LogP contribution in [0.2, 0.25) is 0 Å². The van der Waals surface area contributed by atoms with Crippen LogP contribution in [-0.2, 0) is 4.79 Å². The molecule has 0 aliphatic carbocycles. The van der Waals surface area contributed by atoms with Gasteiger partial charge in [-0.15, -0.1) is 0 Å². The minimum atomic E-state index is -1.27. The van der Waals surface area contributed by atoms with Crippen LogP contribution in [0.3, 0.4) is 0 Å². The van der Waals surface area contributed by atoms with Crippen molar-refractivity contribution in [2.45, 2.75) is 252 Å². The van der Waals surface area contributed by atoms with Crippen LogP contribution in [0, 0.1) is 0 Å². The first-order valence-corrected chi connectivity index (χ1v) is 24.8. The van der Waals surface area contributed by atoms with E-state index < -0.39 is 7.26 Å². The Bertz CT molecular complexity index is 545. The van der Waals surface area contributed by atoms with Crippen molar-refractivity contribution in [3.05, 3.63) is 0 Å². The van der Waals surface area contributed by atoms with Gasteiger partial charge in [0.1, 0.15) is 6.16 Å². The Kier molecular flexibility index (Phi) is 44.0. The minimum Gasteiger partial charge on any atom is -1.00 e. The second kappa shape index (κ2) is 41.8. The second-order valence-corrected chi connectivity index (χ2v) is 20.1. The van der Waals surface area contributed by atoms with E-state index >= 15 is 0 Å². The van der Waals surface area contributed by atoms with Crippen molar-refractivity contribution in [1.82, 2.24) is 0 Å². The molecule has 2 N–H and O–H groups in total. The summed E-state index contributed by atoms with van der Waals surface area (Å²) in [5.41, 5.74) is 5.98. The largest absolute Gasteiger partial charge is 1.00 e. The van der Waals surface area contributed by atoms with Gasteiger partial charge in [-0.2, -0.15) is 0 Å². The van der Waals surface area contributed by atoms with Gasteiger partial charge in [-0.05, 0) is 38.5 Å². The van der Waals surface area contributed by atoms with Gasteiger partial charge in [0, 0.05) is 7.26 Å². The SMILES string of the molecule is CCCCCCCCCCCCCC[P+](CCCCCCCCCCCCCC)(CCCCCCCCCCCCCC)CC(N)=O.[Br-]. The molecule has 0 saturated heterocycles. The van der Waals surface area contributed by atoms with Gasteiger partial charge in [-0.1, -0.05) is 213 Å². The van der Waals surface area contributed by atoms with Crippen LogP contribution in [0.25, 0.3) is 0 Å². The highest BCUT2D eigenvalue weighted by molar-refractivity contribution is 7.76. The number of carbonyl (C=O) groups is 1. The zero-order valence-corrected chi connectivity index (χ0v) is 36.1. The van der Waals surface area contributed by atoms with Crippen LogP contribution < -0.4 is 22.7 Å². The van der Waals surface area contributed by atoms with Crippen LogP contribution in [0.4, 0.5) is 0 Å². The number of halogens is 1. The average Bonchev–Trinajstić information content (AvgIpc) is 3.06. The maximum Gasteiger partial charge on any atom is 0.254 e. The van der Waals surface area contributed by atoms with Crippen molar-refractivity contribution in [2.24, 2.45) is 5.73 Å². The highest BCUT2D eigenvalue weighted by Crippen LogP contribution is 2.60. The first-order chi connectivity index (χ1) is 23.1. The third-order valence-corrected chi connectivity index (χ3v) is 15.7. The lowest BCUT2D eigenvalue weighted by molar-refractivity contribution is -0.115. The Morgan fingerprint density at radius 2 is 0.500 bits per heavy atom. The number of rotatable bonds is 41. The van der Waals surface area contributed by atoms with Crippen LogP contribution in [0.15, 0.2) is 0 Å². The Morgan fingerprint density at radius 1 is 0.333 bits per heavy atom. The summed E-state index contributed by atoms with van der Waals surface area (Å²) >= 11 is 0. The molecule has 0 aromatic carbocycles. The molecule has 290 valence electrons. The van der Waals surface area contributed by atoms with E-state index in [4.69, 9.17) is 5.73 Å². The first kappa shape index (κ1) is 50.5. The number of unbranched alkanes of at least 4 members (excludes halogenated alkanes) is 33. The lowest BCUT2D eigenvalue weighted by atomic mass is 10.1. The lowest BCUT2D eigenvalue weighted by Crippen LogP contribution is -3.00. The van der Waals surface area contributed by atoms with Gasteiger partial charge in [0.25, 0.3) is 5.91 Å². The molecule has 0 radical (unpaired) electrons. The van der Waals surface area contributed by atoms with Crippen molar-refractivity contribution >= 4 is 13.2 Å². The molecule has 0 bridgehead atoms. The average molecular weight is 761 g/mol. The van der Waals surface area contributed by atoms with E-state index in [-0.39, 0.29) is 22.9 Å². The Labute approximate surface area is 316 Å². The number of primary amides is 1. The topological polar surface area (TPSA) is 43.1 Å². The van der Waals surface area contributed by atoms with E-state index in [1.807, 2.05) is 0 Å². The maximum atomic E-state index is 12.4. The third-order valence-electron chi connectivity index (χ3n) is 10.9. The fourth-order valence-electron chi connectivity index (χ4n) is 7.77. The molecule has 0 atom stereocenters. The van der Waals surface area contributed by atoms with Gasteiger partial charge in [-0.3, -0.25) is 4.79 Å². The molecular formula is C44H91BrNOP. The van der Waals surface area contributed by atoms with E-state index in [1.165, 1.54) is 250 Å². The number of nitrogens with two attached hydrogens (primary N) is 1. The van der Waals surface area contributed by atoms with E-state index in [1.54, 1.807) is 0 Å². The van der Waals surface area contributed by atoms with E-state index in [0.717, 1.165) is 6.16 Å². The number of amides is 1. The van der Waals surface area contributed by atoms with Crippen molar-refractivity contribution < 1.29 is 21.8 Å². The highest BCUT2D eigenvalue weighted by atomic mass is 79.9. The molecule has 0 aliphatic rings. The van der Waals surface area contributed by atoms with E-state index in [2.05, 4.69) is 20.8 Å². The summed E-state index contributed by atoms with van der Waals surface area (Å²) in [4.78, 5) is 12.4. The van der Waals surface area contributed by atoms with Crippen molar-refractivity contribution in [2.75, 3.05) is 24.6 Å². The maximum absolute atomic E-state index is 12.4. The minimum absolute atomic E-state index is 0. The zero-order chi connectivity index (χ0) is 34.4. The highest BCUT2D eigenvalue weighted by Gasteiger charge is 2.37. The first-order valence-electron chi connectivity index (χ1n) is 22.2. The molecule has 48 heavy (non-hydrogen) atoms. The number of hydrogen-bond acceptors (Lipinski definition) is 1. The van der Waals surface area contributed by atoms with E-state index in [9.17, 15) is 4.79 Å². The van der Waals surface area contributed by atoms with Gasteiger partial charge in [-0.25, -0.2) is 0 Å². The third kappa shape index (κ3) is 37.6. The predicted octanol–water partition coefficient (Wildman–Crippen LogP) is 12.6.